The highest BCUT2D eigenvalue weighted by atomic mass is 127. The van der Waals surface area contributed by atoms with E-state index in [1.165, 1.54) is 36.2 Å². The topological polar surface area (TPSA) is 47.0 Å². The van der Waals surface area contributed by atoms with Gasteiger partial charge >= 0.3 is 0 Å². The number of nitrogens with one attached hydrogen (secondary N) is 1. The van der Waals surface area contributed by atoms with Gasteiger partial charge in [-0.3, -0.25) is 4.99 Å². The van der Waals surface area contributed by atoms with Gasteiger partial charge in [-0.25, -0.2) is 4.98 Å². The number of pyridine rings is 1. The van der Waals surface area contributed by atoms with E-state index in [-0.39, 0.29) is 24.0 Å². The fourth-order valence-corrected chi connectivity index (χ4v) is 4.90. The first-order valence-corrected chi connectivity index (χ1v) is 11.7. The van der Waals surface area contributed by atoms with Crippen LogP contribution in [-0.2, 0) is 6.54 Å². The Morgan fingerprint density at radius 1 is 1.00 bits per heavy atom. The van der Waals surface area contributed by atoms with Crippen LogP contribution in [0, 0.1) is 0 Å². The third kappa shape index (κ3) is 6.00. The van der Waals surface area contributed by atoms with Crippen molar-refractivity contribution in [2.75, 3.05) is 56.1 Å². The first-order chi connectivity index (χ1) is 14.3. The van der Waals surface area contributed by atoms with Crippen LogP contribution in [0.3, 0.4) is 0 Å². The molecule has 0 bridgehead atoms. The molecule has 2 aromatic rings. The van der Waals surface area contributed by atoms with E-state index in [2.05, 4.69) is 54.7 Å². The zero-order valence-electron chi connectivity index (χ0n) is 17.8. The van der Waals surface area contributed by atoms with Gasteiger partial charge in [0.15, 0.2) is 5.96 Å². The fourth-order valence-electron chi connectivity index (χ4n) is 4.11. The first kappa shape index (κ1) is 23.1. The summed E-state index contributed by atoms with van der Waals surface area (Å²) >= 11 is 1.82. The summed E-state index contributed by atoms with van der Waals surface area (Å²) in [6.07, 6.45) is 7.26. The molecular weight excluding hydrogens is 507 g/mol. The Bertz CT molecular complexity index is 763. The highest BCUT2D eigenvalue weighted by molar-refractivity contribution is 14.0. The third-order valence-electron chi connectivity index (χ3n) is 5.80. The molecule has 0 radical (unpaired) electrons. The van der Waals surface area contributed by atoms with Crippen molar-refractivity contribution in [3.63, 3.8) is 0 Å². The fraction of sp³-hybridized carbons (Fsp3) is 0.545. The number of rotatable bonds is 4. The monoisotopic (exact) mass is 540 g/mol. The Hall–Kier alpha value is -1.55. The van der Waals surface area contributed by atoms with Gasteiger partial charge in [0.1, 0.15) is 5.82 Å². The molecule has 6 nitrogen and oxygen atoms in total. The largest absolute Gasteiger partial charge is 0.360 e. The van der Waals surface area contributed by atoms with Crippen LogP contribution >= 0.6 is 35.3 Å². The predicted molar refractivity (Wildman–Crippen MR) is 139 cm³/mol. The molecule has 8 heteroatoms. The molecule has 0 saturated carbocycles. The molecule has 4 rings (SSSR count). The number of nitrogens with zero attached hydrogens (tertiary/aromatic N) is 5. The summed E-state index contributed by atoms with van der Waals surface area (Å²) in [5, 5.41) is 7.03. The predicted octanol–water partition coefficient (Wildman–Crippen LogP) is 4.04. The molecule has 2 aliphatic heterocycles. The number of anilines is 2. The van der Waals surface area contributed by atoms with E-state index in [0.29, 0.717) is 0 Å². The van der Waals surface area contributed by atoms with Crippen molar-refractivity contribution in [2.24, 2.45) is 4.99 Å². The van der Waals surface area contributed by atoms with E-state index in [9.17, 15) is 0 Å². The molecule has 2 saturated heterocycles. The second kappa shape index (κ2) is 11.7. The summed E-state index contributed by atoms with van der Waals surface area (Å²) in [6.45, 7) is 7.07. The van der Waals surface area contributed by atoms with E-state index in [0.717, 1.165) is 57.6 Å². The summed E-state index contributed by atoms with van der Waals surface area (Å²) in [7, 11) is 1.87. The van der Waals surface area contributed by atoms with Gasteiger partial charge < -0.3 is 20.0 Å². The molecule has 30 heavy (non-hydrogen) atoms. The van der Waals surface area contributed by atoms with Gasteiger partial charge in [-0.05, 0) is 42.0 Å². The minimum atomic E-state index is 0. The molecule has 4 heterocycles. The van der Waals surface area contributed by atoms with E-state index in [1.54, 1.807) is 0 Å². The number of hydrogen-bond donors (Lipinski definition) is 1. The van der Waals surface area contributed by atoms with E-state index >= 15 is 0 Å². The van der Waals surface area contributed by atoms with Gasteiger partial charge in [0.05, 0.1) is 5.00 Å². The van der Waals surface area contributed by atoms with Crippen LogP contribution in [0.4, 0.5) is 10.8 Å². The van der Waals surface area contributed by atoms with E-state index in [4.69, 9.17) is 4.98 Å². The minimum absolute atomic E-state index is 0. The lowest BCUT2D eigenvalue weighted by Crippen LogP contribution is -2.52. The summed E-state index contributed by atoms with van der Waals surface area (Å²) in [4.78, 5) is 16.5. The Balaban J connectivity index is 0.00000256. The van der Waals surface area contributed by atoms with Crippen LogP contribution < -0.4 is 15.1 Å². The van der Waals surface area contributed by atoms with Crippen molar-refractivity contribution in [2.45, 2.75) is 32.2 Å². The molecule has 0 unspecified atom stereocenters. The van der Waals surface area contributed by atoms with Gasteiger partial charge in [0, 0.05) is 59.1 Å². The maximum Gasteiger partial charge on any atom is 0.194 e. The van der Waals surface area contributed by atoms with Crippen molar-refractivity contribution < 1.29 is 0 Å². The smallest absolute Gasteiger partial charge is 0.194 e. The molecule has 164 valence electrons. The zero-order valence-corrected chi connectivity index (χ0v) is 20.9. The average Bonchev–Trinajstić information content (AvgIpc) is 3.18. The molecule has 0 atom stereocenters. The Morgan fingerprint density at radius 3 is 2.37 bits per heavy atom. The molecule has 0 aromatic carbocycles. The normalized spacial score (nSPS) is 18.0. The number of guanidine groups is 1. The van der Waals surface area contributed by atoms with E-state index < -0.39 is 0 Å². The summed E-state index contributed by atoms with van der Waals surface area (Å²) in [5.74, 6) is 2.09. The van der Waals surface area contributed by atoms with Crippen molar-refractivity contribution >= 4 is 52.1 Å². The van der Waals surface area contributed by atoms with Crippen LogP contribution in [0.25, 0.3) is 0 Å². The van der Waals surface area contributed by atoms with Gasteiger partial charge in [-0.1, -0.05) is 18.9 Å². The van der Waals surface area contributed by atoms with Crippen molar-refractivity contribution in [1.29, 1.82) is 0 Å². The van der Waals surface area contributed by atoms with Gasteiger partial charge in [0.2, 0.25) is 0 Å². The Kier molecular flexibility index (Phi) is 9.05. The lowest BCUT2D eigenvalue weighted by atomic mass is 10.2. The molecule has 2 aromatic heterocycles. The number of halogens is 1. The molecule has 0 spiro atoms. The Labute approximate surface area is 201 Å². The first-order valence-electron chi connectivity index (χ1n) is 10.8. The maximum atomic E-state index is 4.73. The molecule has 2 aliphatic rings. The highest BCUT2D eigenvalue weighted by Crippen LogP contribution is 2.22. The third-order valence-corrected chi connectivity index (χ3v) is 6.73. The zero-order chi connectivity index (χ0) is 19.9. The van der Waals surface area contributed by atoms with Crippen LogP contribution in [-0.4, -0.2) is 62.2 Å². The molecule has 0 aliphatic carbocycles. The quantitative estimate of drug-likeness (QED) is 0.361. The number of aromatic nitrogens is 1. The van der Waals surface area contributed by atoms with Crippen LogP contribution in [0.1, 0.15) is 31.2 Å². The lowest BCUT2D eigenvalue weighted by Gasteiger charge is -2.37. The van der Waals surface area contributed by atoms with Gasteiger partial charge in [-0.2, -0.15) is 0 Å². The molecule has 2 fully saturated rings. The Morgan fingerprint density at radius 2 is 1.77 bits per heavy atom. The number of aliphatic imine (C=N–C) groups is 1. The number of thiophene rings is 1. The second-order valence-electron chi connectivity index (χ2n) is 7.75. The van der Waals surface area contributed by atoms with Gasteiger partial charge in [-0.15, -0.1) is 35.3 Å². The number of piperazine rings is 1. The summed E-state index contributed by atoms with van der Waals surface area (Å²) in [5.41, 5.74) is 1.20. The lowest BCUT2D eigenvalue weighted by molar-refractivity contribution is 0.373. The van der Waals surface area contributed by atoms with E-state index in [1.807, 2.05) is 24.6 Å². The standard InChI is InChI=1S/C22H32N6S.HI/c1-23-22(28-14-12-27(13-15-28)21-7-6-16-29-21)25-18-19-8-9-20(24-17-19)26-10-4-2-3-5-11-26;/h6-9,16-17H,2-5,10-15,18H2,1H3,(H,23,25);1H. The number of hydrogen-bond acceptors (Lipinski definition) is 5. The second-order valence-corrected chi connectivity index (χ2v) is 8.68. The summed E-state index contributed by atoms with van der Waals surface area (Å²) in [6, 6.07) is 8.70. The summed E-state index contributed by atoms with van der Waals surface area (Å²) < 4.78 is 0. The molecule has 1 N–H and O–H groups in total. The van der Waals surface area contributed by atoms with Crippen molar-refractivity contribution in [3.8, 4) is 0 Å². The van der Waals surface area contributed by atoms with Gasteiger partial charge in [0.25, 0.3) is 0 Å². The molecular formula is C22H33IN6S. The maximum absolute atomic E-state index is 4.73. The van der Waals surface area contributed by atoms with Crippen LogP contribution in [0.5, 0.6) is 0 Å². The average molecular weight is 541 g/mol. The minimum Gasteiger partial charge on any atom is -0.360 e. The van der Waals surface area contributed by atoms with Crippen LogP contribution in [0.2, 0.25) is 0 Å². The SMILES string of the molecule is CN=C(NCc1ccc(N2CCCCCC2)nc1)N1CCN(c2cccs2)CC1.I. The molecule has 0 amide bonds. The van der Waals surface area contributed by atoms with Crippen molar-refractivity contribution in [1.82, 2.24) is 15.2 Å². The van der Waals surface area contributed by atoms with Crippen molar-refractivity contribution in [3.05, 3.63) is 41.4 Å². The van der Waals surface area contributed by atoms with Crippen LogP contribution in [0.15, 0.2) is 40.8 Å². The highest BCUT2D eigenvalue weighted by Gasteiger charge is 2.20.